The van der Waals surface area contributed by atoms with Gasteiger partial charge in [0.1, 0.15) is 0 Å². The van der Waals surface area contributed by atoms with Gasteiger partial charge in [-0.3, -0.25) is 9.59 Å². The summed E-state index contributed by atoms with van der Waals surface area (Å²) < 4.78 is 16.1. The number of ketones is 1. The summed E-state index contributed by atoms with van der Waals surface area (Å²) in [4.78, 5) is 36.2. The molecule has 14 nitrogen and oxygen atoms in total. The Balaban J connectivity index is 1.31. The first-order valence-corrected chi connectivity index (χ1v) is 11.4. The van der Waals surface area contributed by atoms with E-state index < -0.39 is 17.5 Å². The van der Waals surface area contributed by atoms with Crippen molar-refractivity contribution >= 4 is 34.2 Å². The van der Waals surface area contributed by atoms with Crippen LogP contribution in [-0.4, -0.2) is 78.6 Å². The number of carbonyl (C=O) groups excluding carboxylic acids is 2. The van der Waals surface area contributed by atoms with E-state index in [0.29, 0.717) is 11.3 Å². The maximum absolute atomic E-state index is 14.7. The third-order valence-electron chi connectivity index (χ3n) is 6.16. The number of hydrogen-bond acceptors (Lipinski definition) is 9. The van der Waals surface area contributed by atoms with Gasteiger partial charge in [0.2, 0.25) is 5.96 Å². The smallest absolute Gasteiger partial charge is 0.295 e. The lowest BCUT2D eigenvalue weighted by atomic mass is 10.1. The van der Waals surface area contributed by atoms with Crippen molar-refractivity contribution in [3.05, 3.63) is 66.0 Å². The van der Waals surface area contributed by atoms with Crippen molar-refractivity contribution in [2.75, 3.05) is 31.2 Å². The minimum absolute atomic E-state index is 0.0570. The molecule has 1 aliphatic rings. The van der Waals surface area contributed by atoms with E-state index in [1.54, 1.807) is 29.2 Å². The van der Waals surface area contributed by atoms with Crippen LogP contribution in [0.1, 0.15) is 15.9 Å². The van der Waals surface area contributed by atoms with E-state index in [4.69, 9.17) is 16.9 Å². The zero-order valence-corrected chi connectivity index (χ0v) is 19.8. The molecule has 4 heterocycles. The molecular formula is C23H21FN12O2. The molecule has 1 aliphatic heterocycles. The fourth-order valence-electron chi connectivity index (χ4n) is 4.27. The molecule has 1 amide bonds. The van der Waals surface area contributed by atoms with Crippen LogP contribution in [0.4, 0.5) is 10.1 Å². The third-order valence-corrected chi connectivity index (χ3v) is 6.16. The average molecular weight is 517 g/mol. The number of guanidine groups is 1. The molecule has 5 rings (SSSR count). The number of Topliss-reactive ketones (excluding diaryl/α,β-unsaturated/α-hetero) is 1. The van der Waals surface area contributed by atoms with Gasteiger partial charge in [-0.25, -0.2) is 24.9 Å². The zero-order valence-electron chi connectivity index (χ0n) is 19.8. The van der Waals surface area contributed by atoms with Crippen LogP contribution in [0.2, 0.25) is 0 Å². The Morgan fingerprint density at radius 2 is 1.97 bits per heavy atom. The van der Waals surface area contributed by atoms with Gasteiger partial charge < -0.3 is 20.6 Å². The van der Waals surface area contributed by atoms with Crippen molar-refractivity contribution in [3.63, 3.8) is 0 Å². The summed E-state index contributed by atoms with van der Waals surface area (Å²) in [6.45, 7) is 0.908. The standard InChI is InChI=1S/C23H21FN12O2/c24-17-13-29-21(35-5-4-30-32-35)19-18(17)16(12-28-19)20(37)22(38)33-6-8-34(9-7-33)23(31-26)36(27)15-3-1-2-14(10-15)11-25/h1-5,10,12-13,28H,6-9,26-27H2/b31-23-. The van der Waals surface area contributed by atoms with E-state index in [-0.39, 0.29) is 54.4 Å². The molecule has 0 spiro atoms. The molecule has 192 valence electrons. The van der Waals surface area contributed by atoms with Crippen molar-refractivity contribution in [3.8, 4) is 11.9 Å². The molecule has 0 atom stereocenters. The number of piperazine rings is 1. The number of nitrogens with two attached hydrogens (primary N) is 2. The number of rotatable bonds is 4. The number of nitriles is 1. The van der Waals surface area contributed by atoms with Gasteiger partial charge >= 0.3 is 0 Å². The number of nitrogens with zero attached hydrogens (tertiary/aromatic N) is 9. The highest BCUT2D eigenvalue weighted by Crippen LogP contribution is 2.26. The summed E-state index contributed by atoms with van der Waals surface area (Å²) >= 11 is 0. The molecule has 5 N–H and O–H groups in total. The van der Waals surface area contributed by atoms with E-state index in [9.17, 15) is 14.0 Å². The Hall–Kier alpha value is -5.36. The summed E-state index contributed by atoms with van der Waals surface area (Å²) in [5.41, 5.74) is 1.02. The highest BCUT2D eigenvalue weighted by Gasteiger charge is 2.31. The van der Waals surface area contributed by atoms with Crippen LogP contribution in [-0.2, 0) is 4.79 Å². The number of nitrogens with one attached hydrogen (secondary N) is 1. The second-order valence-corrected chi connectivity index (χ2v) is 8.30. The summed E-state index contributed by atoms with van der Waals surface area (Å²) in [6, 6.07) is 8.66. The summed E-state index contributed by atoms with van der Waals surface area (Å²) in [5.74, 6) is 9.89. The van der Waals surface area contributed by atoms with Gasteiger partial charge in [-0.2, -0.15) is 5.26 Å². The van der Waals surface area contributed by atoms with Crippen molar-refractivity contribution in [2.24, 2.45) is 16.8 Å². The largest absolute Gasteiger partial charge is 0.357 e. The Morgan fingerprint density at radius 3 is 2.66 bits per heavy atom. The van der Waals surface area contributed by atoms with E-state index in [2.05, 4.69) is 25.4 Å². The molecule has 1 aromatic carbocycles. The van der Waals surface area contributed by atoms with Gasteiger partial charge in [-0.05, 0) is 18.2 Å². The predicted octanol–water partition coefficient (Wildman–Crippen LogP) is 0.0913. The third kappa shape index (κ3) is 4.24. The number of halogens is 1. The number of hydrazone groups is 1. The lowest BCUT2D eigenvalue weighted by Gasteiger charge is -2.38. The first-order valence-electron chi connectivity index (χ1n) is 11.4. The van der Waals surface area contributed by atoms with Crippen LogP contribution in [0.5, 0.6) is 0 Å². The zero-order chi connectivity index (χ0) is 26.8. The Kier molecular flexibility index (Phi) is 6.37. The van der Waals surface area contributed by atoms with Crippen LogP contribution in [0, 0.1) is 17.1 Å². The highest BCUT2D eigenvalue weighted by atomic mass is 19.1. The molecule has 4 aromatic rings. The predicted molar refractivity (Wildman–Crippen MR) is 133 cm³/mol. The molecule has 0 radical (unpaired) electrons. The number of fused-ring (bicyclic) bond motifs is 1. The van der Waals surface area contributed by atoms with Crippen LogP contribution in [0.25, 0.3) is 16.7 Å². The van der Waals surface area contributed by atoms with E-state index >= 15 is 0 Å². The Bertz CT molecular complexity index is 1580. The summed E-state index contributed by atoms with van der Waals surface area (Å²) in [5, 5.41) is 21.7. The van der Waals surface area contributed by atoms with E-state index in [1.807, 2.05) is 6.07 Å². The van der Waals surface area contributed by atoms with Gasteiger partial charge in [-0.15, -0.1) is 10.2 Å². The number of aromatic nitrogens is 5. The maximum Gasteiger partial charge on any atom is 0.295 e. The monoisotopic (exact) mass is 516 g/mol. The molecule has 38 heavy (non-hydrogen) atoms. The van der Waals surface area contributed by atoms with Crippen LogP contribution < -0.4 is 16.7 Å². The molecule has 0 aliphatic carbocycles. The van der Waals surface area contributed by atoms with Crippen molar-refractivity contribution in [1.29, 1.82) is 5.26 Å². The first kappa shape index (κ1) is 24.3. The number of hydrogen-bond donors (Lipinski definition) is 3. The number of hydrazine groups is 1. The number of pyridine rings is 1. The maximum atomic E-state index is 14.7. The second-order valence-electron chi connectivity index (χ2n) is 8.30. The van der Waals surface area contributed by atoms with Gasteiger partial charge in [0.25, 0.3) is 11.7 Å². The second kappa shape index (κ2) is 9.95. The van der Waals surface area contributed by atoms with Crippen LogP contribution >= 0.6 is 0 Å². The fourth-order valence-corrected chi connectivity index (χ4v) is 4.27. The molecule has 0 bridgehead atoms. The van der Waals surface area contributed by atoms with Crippen LogP contribution in [0.15, 0.2) is 54.2 Å². The number of carbonyl (C=O) groups is 2. The van der Waals surface area contributed by atoms with Crippen molar-refractivity contribution < 1.29 is 14.0 Å². The number of anilines is 1. The fraction of sp³-hybridized carbons (Fsp3) is 0.174. The molecule has 0 unspecified atom stereocenters. The topological polar surface area (TPSA) is 191 Å². The van der Waals surface area contributed by atoms with E-state index in [0.717, 1.165) is 6.20 Å². The number of amides is 1. The van der Waals surface area contributed by atoms with Crippen LogP contribution in [0.3, 0.4) is 0 Å². The van der Waals surface area contributed by atoms with Crippen molar-refractivity contribution in [2.45, 2.75) is 0 Å². The van der Waals surface area contributed by atoms with Gasteiger partial charge in [0.15, 0.2) is 11.6 Å². The molecular weight excluding hydrogens is 495 g/mol. The highest BCUT2D eigenvalue weighted by molar-refractivity contribution is 6.45. The Morgan fingerprint density at radius 1 is 1.21 bits per heavy atom. The quantitative estimate of drug-likeness (QED) is 0.0836. The molecule has 0 saturated carbocycles. The van der Waals surface area contributed by atoms with Gasteiger partial charge in [-0.1, -0.05) is 11.3 Å². The number of H-pyrrole nitrogens is 1. The molecule has 1 saturated heterocycles. The minimum atomic E-state index is -0.860. The SMILES string of the molecule is N#Cc1cccc(N(N)/C(=N\N)N2CCN(C(=O)C(=O)c3c[nH]c4c(-n5ccnn5)ncc(F)c34)CC2)c1. The Labute approximate surface area is 214 Å². The minimum Gasteiger partial charge on any atom is -0.357 e. The lowest BCUT2D eigenvalue weighted by Crippen LogP contribution is -2.57. The molecule has 1 fully saturated rings. The first-order chi connectivity index (χ1) is 18.4. The van der Waals surface area contributed by atoms with E-state index in [1.165, 1.54) is 33.2 Å². The molecule has 15 heteroatoms. The lowest BCUT2D eigenvalue weighted by molar-refractivity contribution is -0.127. The average Bonchev–Trinajstić information content (AvgIpc) is 3.65. The number of benzene rings is 1. The van der Waals surface area contributed by atoms with Crippen molar-refractivity contribution in [1.82, 2.24) is 34.8 Å². The van der Waals surface area contributed by atoms with Gasteiger partial charge in [0, 0.05) is 32.4 Å². The number of aromatic amines is 1. The normalized spacial score (nSPS) is 14.0. The summed E-state index contributed by atoms with van der Waals surface area (Å²) in [7, 11) is 0. The molecule has 3 aromatic heterocycles. The summed E-state index contributed by atoms with van der Waals surface area (Å²) in [6.07, 6.45) is 5.20. The van der Waals surface area contributed by atoms with Gasteiger partial charge in [0.05, 0.1) is 52.4 Å².